The largest absolute Gasteiger partial charge is 0.489 e. The van der Waals surface area contributed by atoms with Gasteiger partial charge in [0.15, 0.2) is 11.6 Å². The van der Waals surface area contributed by atoms with Crippen molar-refractivity contribution in [2.45, 2.75) is 25.8 Å². The number of ether oxygens (including phenoxy) is 1. The summed E-state index contributed by atoms with van der Waals surface area (Å²) in [4.78, 5) is 0. The van der Waals surface area contributed by atoms with Gasteiger partial charge in [0, 0.05) is 0 Å². The first kappa shape index (κ1) is 14.5. The Morgan fingerprint density at radius 3 is 2.45 bits per heavy atom. The first-order chi connectivity index (χ1) is 9.70. The van der Waals surface area contributed by atoms with E-state index >= 15 is 0 Å². The van der Waals surface area contributed by atoms with Crippen LogP contribution in [-0.4, -0.2) is 6.61 Å². The lowest BCUT2D eigenvalue weighted by Gasteiger charge is -2.14. The smallest absolute Gasteiger partial charge is 0.165 e. The Bertz CT molecular complexity index is 539. The number of benzene rings is 2. The zero-order valence-corrected chi connectivity index (χ0v) is 11.7. The Balaban J connectivity index is 1.94. The van der Waals surface area contributed by atoms with Gasteiger partial charge in [0.2, 0.25) is 0 Å². The van der Waals surface area contributed by atoms with Crippen molar-refractivity contribution in [3.05, 3.63) is 65.5 Å². The molecule has 20 heavy (non-hydrogen) atoms. The standard InChI is InChI=1S/C17H20FNO/c1-2-5-13-8-10-14(11-9-13)16(19)12-20-17-7-4-3-6-15(17)18/h3-4,6-11,16H,2,5,12,19H2,1H3. The Morgan fingerprint density at radius 1 is 1.10 bits per heavy atom. The molecule has 0 bridgehead atoms. The van der Waals surface area contributed by atoms with Crippen LogP contribution in [0.25, 0.3) is 0 Å². The zero-order chi connectivity index (χ0) is 14.4. The van der Waals surface area contributed by atoms with Crippen molar-refractivity contribution in [2.75, 3.05) is 6.61 Å². The minimum atomic E-state index is -0.363. The van der Waals surface area contributed by atoms with Crippen LogP contribution in [0.15, 0.2) is 48.5 Å². The van der Waals surface area contributed by atoms with Gasteiger partial charge in [0.1, 0.15) is 6.61 Å². The van der Waals surface area contributed by atoms with E-state index in [4.69, 9.17) is 10.5 Å². The van der Waals surface area contributed by atoms with Crippen LogP contribution >= 0.6 is 0 Å². The second kappa shape index (κ2) is 7.06. The van der Waals surface area contributed by atoms with E-state index in [-0.39, 0.29) is 24.2 Å². The van der Waals surface area contributed by atoms with Gasteiger partial charge in [0.25, 0.3) is 0 Å². The molecule has 0 aromatic heterocycles. The van der Waals surface area contributed by atoms with Crippen LogP contribution in [0.3, 0.4) is 0 Å². The molecule has 0 saturated carbocycles. The molecule has 0 saturated heterocycles. The molecule has 2 rings (SSSR count). The number of nitrogens with two attached hydrogens (primary N) is 1. The molecule has 2 aromatic rings. The van der Waals surface area contributed by atoms with E-state index < -0.39 is 0 Å². The zero-order valence-electron chi connectivity index (χ0n) is 11.7. The number of hydrogen-bond donors (Lipinski definition) is 1. The molecule has 2 nitrogen and oxygen atoms in total. The first-order valence-electron chi connectivity index (χ1n) is 6.92. The highest BCUT2D eigenvalue weighted by Gasteiger charge is 2.09. The molecule has 0 radical (unpaired) electrons. The van der Waals surface area contributed by atoms with Gasteiger partial charge in [-0.15, -0.1) is 0 Å². The Labute approximate surface area is 119 Å². The van der Waals surface area contributed by atoms with Crippen molar-refractivity contribution in [3.8, 4) is 5.75 Å². The number of hydrogen-bond acceptors (Lipinski definition) is 2. The summed E-state index contributed by atoms with van der Waals surface area (Å²) in [7, 11) is 0. The van der Waals surface area contributed by atoms with E-state index in [0.717, 1.165) is 18.4 Å². The van der Waals surface area contributed by atoms with Gasteiger partial charge in [-0.2, -0.15) is 0 Å². The van der Waals surface area contributed by atoms with Crippen LogP contribution in [0.1, 0.15) is 30.5 Å². The van der Waals surface area contributed by atoms with E-state index in [1.165, 1.54) is 11.6 Å². The fourth-order valence-corrected chi connectivity index (χ4v) is 2.06. The van der Waals surface area contributed by atoms with Crippen LogP contribution in [0.2, 0.25) is 0 Å². The summed E-state index contributed by atoms with van der Waals surface area (Å²) >= 11 is 0. The summed E-state index contributed by atoms with van der Waals surface area (Å²) in [6.45, 7) is 2.41. The summed E-state index contributed by atoms with van der Waals surface area (Å²) in [6, 6.07) is 14.3. The number of halogens is 1. The Hall–Kier alpha value is -1.87. The number of para-hydroxylation sites is 1. The molecule has 0 aliphatic heterocycles. The van der Waals surface area contributed by atoms with Crippen molar-refractivity contribution < 1.29 is 9.13 Å². The third kappa shape index (κ3) is 3.81. The predicted octanol–water partition coefficient (Wildman–Crippen LogP) is 3.86. The maximum absolute atomic E-state index is 13.4. The Kier molecular flexibility index (Phi) is 5.13. The maximum atomic E-state index is 13.4. The van der Waals surface area contributed by atoms with Crippen molar-refractivity contribution in [1.29, 1.82) is 0 Å². The molecule has 1 unspecified atom stereocenters. The van der Waals surface area contributed by atoms with Crippen molar-refractivity contribution in [2.24, 2.45) is 5.73 Å². The molecule has 3 heteroatoms. The molecule has 2 N–H and O–H groups in total. The van der Waals surface area contributed by atoms with Crippen LogP contribution < -0.4 is 10.5 Å². The minimum Gasteiger partial charge on any atom is -0.489 e. The SMILES string of the molecule is CCCc1ccc(C(N)COc2ccccc2F)cc1. The molecule has 0 amide bonds. The topological polar surface area (TPSA) is 35.2 Å². The van der Waals surface area contributed by atoms with Gasteiger partial charge in [-0.3, -0.25) is 0 Å². The van der Waals surface area contributed by atoms with Crippen LogP contribution in [-0.2, 0) is 6.42 Å². The third-order valence-corrected chi connectivity index (χ3v) is 3.20. The van der Waals surface area contributed by atoms with Crippen molar-refractivity contribution in [1.82, 2.24) is 0 Å². The number of rotatable bonds is 6. The van der Waals surface area contributed by atoms with Crippen LogP contribution in [0.5, 0.6) is 5.75 Å². The molecule has 0 fully saturated rings. The lowest BCUT2D eigenvalue weighted by molar-refractivity contribution is 0.277. The number of aryl methyl sites for hydroxylation is 1. The van der Waals surface area contributed by atoms with Gasteiger partial charge in [-0.25, -0.2) is 4.39 Å². The molecule has 0 heterocycles. The van der Waals surface area contributed by atoms with Gasteiger partial charge < -0.3 is 10.5 Å². The highest BCUT2D eigenvalue weighted by Crippen LogP contribution is 2.18. The second-order valence-electron chi connectivity index (χ2n) is 4.84. The molecule has 0 spiro atoms. The molecule has 106 valence electrons. The third-order valence-electron chi connectivity index (χ3n) is 3.20. The van der Waals surface area contributed by atoms with E-state index in [9.17, 15) is 4.39 Å². The summed E-state index contributed by atoms with van der Waals surface area (Å²) in [5.74, 6) is -0.122. The predicted molar refractivity (Wildman–Crippen MR) is 79.3 cm³/mol. The molecule has 2 aromatic carbocycles. The van der Waals surface area contributed by atoms with E-state index in [1.54, 1.807) is 18.2 Å². The highest BCUT2D eigenvalue weighted by atomic mass is 19.1. The van der Waals surface area contributed by atoms with Crippen molar-refractivity contribution >= 4 is 0 Å². The fourth-order valence-electron chi connectivity index (χ4n) is 2.06. The maximum Gasteiger partial charge on any atom is 0.165 e. The second-order valence-corrected chi connectivity index (χ2v) is 4.84. The summed E-state index contributed by atoms with van der Waals surface area (Å²) in [6.07, 6.45) is 2.20. The average molecular weight is 273 g/mol. The lowest BCUT2D eigenvalue weighted by Crippen LogP contribution is -2.19. The highest BCUT2D eigenvalue weighted by molar-refractivity contribution is 5.26. The van der Waals surface area contributed by atoms with Crippen molar-refractivity contribution in [3.63, 3.8) is 0 Å². The normalized spacial score (nSPS) is 12.2. The quantitative estimate of drug-likeness (QED) is 0.867. The average Bonchev–Trinajstić information content (AvgIpc) is 2.47. The summed E-state index contributed by atoms with van der Waals surface area (Å²) in [5.41, 5.74) is 8.37. The molecular formula is C17H20FNO. The van der Waals surface area contributed by atoms with Crippen LogP contribution in [0, 0.1) is 5.82 Å². The van der Waals surface area contributed by atoms with Crippen LogP contribution in [0.4, 0.5) is 4.39 Å². The van der Waals surface area contributed by atoms with E-state index in [0.29, 0.717) is 0 Å². The van der Waals surface area contributed by atoms with Gasteiger partial charge in [-0.05, 0) is 29.7 Å². The Morgan fingerprint density at radius 2 is 1.80 bits per heavy atom. The lowest BCUT2D eigenvalue weighted by atomic mass is 10.0. The monoisotopic (exact) mass is 273 g/mol. The van der Waals surface area contributed by atoms with Gasteiger partial charge in [-0.1, -0.05) is 49.7 Å². The van der Waals surface area contributed by atoms with E-state index in [2.05, 4.69) is 19.1 Å². The summed E-state index contributed by atoms with van der Waals surface area (Å²) < 4.78 is 18.8. The van der Waals surface area contributed by atoms with Gasteiger partial charge in [0.05, 0.1) is 6.04 Å². The van der Waals surface area contributed by atoms with Gasteiger partial charge >= 0.3 is 0 Å². The minimum absolute atomic E-state index is 0.241. The molecule has 0 aliphatic carbocycles. The molecular weight excluding hydrogens is 253 g/mol. The summed E-state index contributed by atoms with van der Waals surface area (Å²) in [5, 5.41) is 0. The van der Waals surface area contributed by atoms with E-state index in [1.807, 2.05) is 12.1 Å². The first-order valence-corrected chi connectivity index (χ1v) is 6.92. The molecule has 1 atom stereocenters. The fraction of sp³-hybridized carbons (Fsp3) is 0.294. The molecule has 0 aliphatic rings.